The molecule has 9 amide bonds. The molecule has 1 fully saturated rings. The maximum atomic E-state index is 14.3. The number of hydrogen-bond donors (Lipinski definition) is 14. The van der Waals surface area contributed by atoms with Crippen LogP contribution in [0.15, 0.2) is 43.0 Å². The van der Waals surface area contributed by atoms with E-state index in [0.717, 1.165) is 0 Å². The molecule has 4 rings (SSSR count). The monoisotopic (exact) mass is 1030 g/mol. The third-order valence-corrected chi connectivity index (χ3v) is 12.1. The number of likely N-dealkylation sites (tertiary alicyclic amines) is 1. The number of aliphatic carboxylic acids is 1. The first-order valence-electron chi connectivity index (χ1n) is 23.5. The van der Waals surface area contributed by atoms with E-state index in [9.17, 15) is 58.2 Å². The number of benzene rings is 1. The molecule has 25 nitrogen and oxygen atoms in total. The zero-order valence-electron chi connectivity index (χ0n) is 40.6. The number of carboxylic acid groups (broad SMARTS) is 1. The Hall–Kier alpha value is -7.06. The van der Waals surface area contributed by atoms with Gasteiger partial charge in [-0.1, -0.05) is 45.9 Å². The fourth-order valence-electron chi connectivity index (χ4n) is 8.00. The molecule has 3 heterocycles. The molecule has 1 aliphatic heterocycles. The Labute approximate surface area is 420 Å². The zero-order valence-corrected chi connectivity index (χ0v) is 41.5. The second-order valence-electron chi connectivity index (χ2n) is 18.4. The molecule has 26 heteroatoms. The van der Waals surface area contributed by atoms with Crippen LogP contribution in [-0.2, 0) is 60.8 Å². The number of hydrogen-bond acceptors (Lipinski definition) is 14. The predicted molar refractivity (Wildman–Crippen MR) is 263 cm³/mol. The van der Waals surface area contributed by atoms with E-state index in [2.05, 4.69) is 64.8 Å². The molecule has 394 valence electrons. The molecule has 3 aromatic rings. The number of rotatable bonds is 28. The first-order valence-corrected chi connectivity index (χ1v) is 24.1. The average Bonchev–Trinajstić information content (AvgIpc) is 4.13. The molecule has 8 atom stereocenters. The lowest BCUT2D eigenvalue weighted by Gasteiger charge is -2.28. The maximum absolute atomic E-state index is 14.3. The van der Waals surface area contributed by atoms with Crippen LogP contribution in [0.1, 0.15) is 71.1 Å². The number of amides is 9. The molecule has 1 aliphatic rings. The number of thiol groups is 1. The number of aliphatic hydroxyl groups is 1. The quantitative estimate of drug-likeness (QED) is 0.0323. The van der Waals surface area contributed by atoms with Crippen molar-refractivity contribution in [1.82, 2.24) is 57.1 Å². The number of nitrogens with zero attached hydrogens (tertiary/aromatic N) is 2. The Morgan fingerprint density at radius 2 is 1.35 bits per heavy atom. The van der Waals surface area contributed by atoms with Crippen molar-refractivity contribution < 1.29 is 58.2 Å². The summed E-state index contributed by atoms with van der Waals surface area (Å²) in [6, 6.07) is -3.55. The minimum absolute atomic E-state index is 0.0360. The van der Waals surface area contributed by atoms with Crippen LogP contribution in [0.3, 0.4) is 0 Å². The summed E-state index contributed by atoms with van der Waals surface area (Å²) >= 11 is 3.98. The lowest BCUT2D eigenvalue weighted by molar-refractivity contribution is -0.143. The molecule has 72 heavy (non-hydrogen) atoms. The highest BCUT2D eigenvalue weighted by Gasteiger charge is 2.38. The Balaban J connectivity index is 1.51. The van der Waals surface area contributed by atoms with E-state index in [1.165, 1.54) is 17.4 Å². The van der Waals surface area contributed by atoms with Gasteiger partial charge in [-0.25, -0.2) is 9.78 Å². The third kappa shape index (κ3) is 17.1. The molecule has 15 N–H and O–H groups in total. The standard InChI is InChI=1S/C46H67N13O12S/c1-23(2)12-30(53-44(68)35(20-60)58-39(63)28(47)21-72)41(65)54-31(14-25-17-50-29-9-6-5-8-27(25)29)42(66)55-33(16-37(48)61)40(64)51-19-38(62)59-11-7-10-36(59)45(69)56-32(15-26-18-49-22-52-26)43(67)57-34(46(70)71)13-24(3)4/h5-6,8-9,17-18,22-24,28,30-36,50,60,72H,7,10-16,19-21,47H2,1-4H3,(H2,48,61)(H,49,52)(H,51,64)(H,53,68)(H,54,65)(H,55,66)(H,56,69)(H,57,67)(H,58,63)(H,70,71)/t28-,30-,31-,32-,33-,34-,35-,36-/m0/s1. The minimum Gasteiger partial charge on any atom is -0.480 e. The van der Waals surface area contributed by atoms with Crippen molar-refractivity contribution in [3.63, 3.8) is 0 Å². The fourth-order valence-corrected chi connectivity index (χ4v) is 8.17. The van der Waals surface area contributed by atoms with Gasteiger partial charge in [-0.15, -0.1) is 0 Å². The van der Waals surface area contributed by atoms with Crippen LogP contribution in [0.2, 0.25) is 0 Å². The summed E-state index contributed by atoms with van der Waals surface area (Å²) in [5, 5.41) is 37.9. The Kier molecular flexibility index (Phi) is 22.0. The number of para-hydroxylation sites is 1. The Morgan fingerprint density at radius 3 is 1.96 bits per heavy atom. The van der Waals surface area contributed by atoms with E-state index in [4.69, 9.17) is 11.5 Å². The molecule has 0 saturated carbocycles. The predicted octanol–water partition coefficient (Wildman–Crippen LogP) is -3.01. The summed E-state index contributed by atoms with van der Waals surface area (Å²) in [5.74, 6) is -9.33. The van der Waals surface area contributed by atoms with E-state index in [-0.39, 0.29) is 56.2 Å². The van der Waals surface area contributed by atoms with E-state index >= 15 is 0 Å². The largest absolute Gasteiger partial charge is 0.480 e. The fraction of sp³-hybridized carbons (Fsp3) is 0.543. The number of fused-ring (bicyclic) bond motifs is 1. The number of imidazole rings is 1. The summed E-state index contributed by atoms with van der Waals surface area (Å²) in [7, 11) is 0. The van der Waals surface area contributed by atoms with Gasteiger partial charge in [0.1, 0.15) is 42.3 Å². The average molecular weight is 1030 g/mol. The lowest BCUT2D eigenvalue weighted by Crippen LogP contribution is -2.60. The second-order valence-corrected chi connectivity index (χ2v) is 18.8. The lowest BCUT2D eigenvalue weighted by atomic mass is 10.00. The van der Waals surface area contributed by atoms with Crippen LogP contribution in [-0.4, -0.2) is 163 Å². The van der Waals surface area contributed by atoms with E-state index in [1.807, 2.05) is 0 Å². The van der Waals surface area contributed by atoms with Gasteiger partial charge in [-0.3, -0.25) is 43.2 Å². The summed E-state index contributed by atoms with van der Waals surface area (Å²) in [4.78, 5) is 144. The molecule has 1 aromatic carbocycles. The Bertz CT molecular complexity index is 2400. The van der Waals surface area contributed by atoms with Crippen LogP contribution in [0.25, 0.3) is 10.9 Å². The molecule has 1 saturated heterocycles. The number of aliphatic hydroxyl groups excluding tert-OH is 1. The second kappa shape index (κ2) is 27.5. The van der Waals surface area contributed by atoms with Crippen molar-refractivity contribution in [3.05, 3.63) is 54.2 Å². The molecule has 0 spiro atoms. The third-order valence-electron chi connectivity index (χ3n) is 11.7. The zero-order chi connectivity index (χ0) is 53.2. The molecule has 2 aromatic heterocycles. The van der Waals surface area contributed by atoms with Crippen molar-refractivity contribution in [2.45, 2.75) is 121 Å². The number of H-pyrrole nitrogens is 2. The molecular weight excluding hydrogens is 959 g/mol. The van der Waals surface area contributed by atoms with Gasteiger partial charge in [0.15, 0.2) is 0 Å². The number of aromatic nitrogens is 3. The first-order chi connectivity index (χ1) is 34.1. The van der Waals surface area contributed by atoms with Crippen molar-refractivity contribution in [1.29, 1.82) is 0 Å². The van der Waals surface area contributed by atoms with Gasteiger partial charge in [-0.05, 0) is 49.1 Å². The van der Waals surface area contributed by atoms with Gasteiger partial charge in [0, 0.05) is 54.1 Å². The summed E-state index contributed by atoms with van der Waals surface area (Å²) in [5.41, 5.74) is 12.9. The van der Waals surface area contributed by atoms with Gasteiger partial charge >= 0.3 is 5.97 Å². The number of carboxylic acids is 1. The summed E-state index contributed by atoms with van der Waals surface area (Å²) in [6.45, 7) is 5.67. The van der Waals surface area contributed by atoms with Crippen molar-refractivity contribution in [3.8, 4) is 0 Å². The minimum atomic E-state index is -1.68. The molecule has 0 radical (unpaired) electrons. The molecule has 0 unspecified atom stereocenters. The van der Waals surface area contributed by atoms with Gasteiger partial charge in [-0.2, -0.15) is 12.6 Å². The SMILES string of the molecule is CC(C)C[C@H](NC(=O)[C@H](Cc1cnc[nH]1)NC(=O)[C@@H]1CCCN1C(=O)CNC(=O)[C@H](CC(N)=O)NC(=O)[C@H](Cc1c[nH]c2ccccc12)NC(=O)[C@H](CC(C)C)NC(=O)[C@H](CO)NC(=O)[C@@H](N)CS)C(=O)O. The highest BCUT2D eigenvalue weighted by molar-refractivity contribution is 7.80. The highest BCUT2D eigenvalue weighted by atomic mass is 32.1. The number of nitrogens with one attached hydrogen (secondary N) is 9. The van der Waals surface area contributed by atoms with Crippen molar-refractivity contribution in [2.24, 2.45) is 23.3 Å². The van der Waals surface area contributed by atoms with Gasteiger partial charge in [0.05, 0.1) is 31.9 Å². The summed E-state index contributed by atoms with van der Waals surface area (Å²) < 4.78 is 0. The number of nitrogens with two attached hydrogens (primary N) is 2. The van der Waals surface area contributed by atoms with Gasteiger partial charge in [0.2, 0.25) is 53.2 Å². The van der Waals surface area contributed by atoms with Crippen LogP contribution in [0.4, 0.5) is 0 Å². The Morgan fingerprint density at radius 1 is 0.764 bits per heavy atom. The number of carbonyl (C=O) groups is 10. The normalized spacial score (nSPS) is 16.3. The van der Waals surface area contributed by atoms with Crippen LogP contribution < -0.4 is 48.7 Å². The number of primary amides is 1. The summed E-state index contributed by atoms with van der Waals surface area (Å²) in [6.07, 6.45) is 4.14. The van der Waals surface area contributed by atoms with Crippen LogP contribution >= 0.6 is 12.6 Å². The first kappa shape index (κ1) is 57.5. The van der Waals surface area contributed by atoms with Crippen molar-refractivity contribution >= 4 is 82.7 Å². The van der Waals surface area contributed by atoms with Crippen molar-refractivity contribution in [2.75, 3.05) is 25.4 Å². The van der Waals surface area contributed by atoms with Crippen LogP contribution in [0, 0.1) is 11.8 Å². The van der Waals surface area contributed by atoms with E-state index < -0.39 is 127 Å². The number of carbonyl (C=O) groups excluding carboxylic acids is 9. The van der Waals surface area contributed by atoms with Crippen LogP contribution in [0.5, 0.6) is 0 Å². The molecule has 0 bridgehead atoms. The maximum Gasteiger partial charge on any atom is 0.326 e. The smallest absolute Gasteiger partial charge is 0.326 e. The highest BCUT2D eigenvalue weighted by Crippen LogP contribution is 2.21. The van der Waals surface area contributed by atoms with Gasteiger partial charge < -0.3 is 73.8 Å². The van der Waals surface area contributed by atoms with E-state index in [0.29, 0.717) is 28.6 Å². The molecule has 0 aliphatic carbocycles. The molecular formula is C46H67N13O12S. The van der Waals surface area contributed by atoms with Gasteiger partial charge in [0.25, 0.3) is 0 Å². The van der Waals surface area contributed by atoms with E-state index in [1.54, 1.807) is 58.2 Å². The number of aromatic amines is 2. The topological polar surface area (TPSA) is 395 Å².